The van der Waals surface area contributed by atoms with E-state index in [0.717, 1.165) is 54.6 Å². The normalized spacial score (nSPS) is 13.8. The fourth-order valence-electron chi connectivity index (χ4n) is 5.22. The Morgan fingerprint density at radius 2 is 1.25 bits per heavy atom. The molecule has 1 N–H and O–H groups in total. The Labute approximate surface area is 239 Å². The van der Waals surface area contributed by atoms with Crippen molar-refractivity contribution in [3.63, 3.8) is 0 Å². The molecule has 0 saturated carbocycles. The minimum Gasteiger partial charge on any atom is -0.462 e. The van der Waals surface area contributed by atoms with Crippen LogP contribution in [0.5, 0.6) is 0 Å². The number of nitrogens with one attached hydrogen (secondary N) is 1. The molecule has 7 nitrogen and oxygen atoms in total. The summed E-state index contributed by atoms with van der Waals surface area (Å²) in [5.74, 6) is -1.06. The minimum absolute atomic E-state index is 0.311. The summed E-state index contributed by atoms with van der Waals surface area (Å²) in [6, 6.07) is 7.85. The molecule has 0 amide bonds. The third-order valence-electron chi connectivity index (χ3n) is 7.30. The van der Waals surface area contributed by atoms with Crippen molar-refractivity contribution < 1.29 is 19.1 Å². The summed E-state index contributed by atoms with van der Waals surface area (Å²) >= 11 is 0. The monoisotopic (exact) mass is 547 g/mol. The van der Waals surface area contributed by atoms with E-state index in [1.807, 2.05) is 50.5 Å². The van der Waals surface area contributed by atoms with E-state index in [2.05, 4.69) is 22.2 Å². The van der Waals surface area contributed by atoms with E-state index in [1.54, 1.807) is 12.4 Å². The van der Waals surface area contributed by atoms with Gasteiger partial charge in [0.1, 0.15) is 0 Å². The molecule has 0 bridgehead atoms. The molecule has 1 aliphatic heterocycles. The first kappa shape index (κ1) is 31.1. The average molecular weight is 548 g/mol. The molecule has 0 radical (unpaired) electrons. The lowest BCUT2D eigenvalue weighted by molar-refractivity contribution is -0.140. The maximum atomic E-state index is 13.4. The number of hydrogen-bond donors (Lipinski definition) is 1. The smallest absolute Gasteiger partial charge is 0.336 e. The second-order valence-corrected chi connectivity index (χ2v) is 10.5. The number of dihydropyridines is 1. The molecule has 3 rings (SSSR count). The van der Waals surface area contributed by atoms with Crippen molar-refractivity contribution in [2.75, 3.05) is 13.2 Å². The van der Waals surface area contributed by atoms with Crippen molar-refractivity contribution in [3.05, 3.63) is 82.7 Å². The van der Waals surface area contributed by atoms with E-state index in [4.69, 9.17) is 9.47 Å². The van der Waals surface area contributed by atoms with Gasteiger partial charge in [-0.1, -0.05) is 57.6 Å². The van der Waals surface area contributed by atoms with Crippen LogP contribution in [0.25, 0.3) is 0 Å². The number of nitrogens with zero attached hydrogens (tertiary/aromatic N) is 2. The van der Waals surface area contributed by atoms with Crippen LogP contribution in [0.1, 0.15) is 89.7 Å². The van der Waals surface area contributed by atoms with Crippen LogP contribution in [0.4, 0.5) is 0 Å². The van der Waals surface area contributed by atoms with Crippen LogP contribution in [0.2, 0.25) is 0 Å². The molecule has 40 heavy (non-hydrogen) atoms. The van der Waals surface area contributed by atoms with Crippen LogP contribution < -0.4 is 5.32 Å². The van der Waals surface area contributed by atoms with E-state index in [-0.39, 0.29) is 17.9 Å². The van der Waals surface area contributed by atoms with Crippen LogP contribution in [0.15, 0.2) is 71.6 Å². The number of unbranched alkanes of at least 4 members (excludes halogenated alkanes) is 5. The van der Waals surface area contributed by atoms with Gasteiger partial charge in [-0.15, -0.1) is 0 Å². The van der Waals surface area contributed by atoms with E-state index < -0.39 is 0 Å². The number of carbonyl (C=O) groups is 2. The van der Waals surface area contributed by atoms with Crippen LogP contribution in [-0.2, 0) is 31.9 Å². The van der Waals surface area contributed by atoms with Crippen LogP contribution in [-0.4, -0.2) is 35.1 Å². The minimum atomic E-state index is -0.360. The average Bonchev–Trinajstić information content (AvgIpc) is 2.96. The van der Waals surface area contributed by atoms with Crippen molar-refractivity contribution in [2.45, 2.75) is 91.4 Å². The number of allylic oxidation sites excluding steroid dienone is 2. The Bertz CT molecular complexity index is 1050. The summed E-state index contributed by atoms with van der Waals surface area (Å²) in [6.07, 6.45) is 17.7. The quantitative estimate of drug-likeness (QED) is 0.175. The number of rotatable bonds is 17. The first-order valence-electron chi connectivity index (χ1n) is 14.8. The topological polar surface area (TPSA) is 90.4 Å². The predicted octanol–water partition coefficient (Wildman–Crippen LogP) is 6.65. The zero-order valence-corrected chi connectivity index (χ0v) is 24.4. The summed E-state index contributed by atoms with van der Waals surface area (Å²) in [7, 11) is 0. The van der Waals surface area contributed by atoms with Crippen molar-refractivity contribution in [1.29, 1.82) is 0 Å². The van der Waals surface area contributed by atoms with Gasteiger partial charge < -0.3 is 14.8 Å². The molecule has 2 aromatic rings. The fourth-order valence-corrected chi connectivity index (χ4v) is 5.22. The van der Waals surface area contributed by atoms with E-state index in [0.29, 0.717) is 43.6 Å². The highest BCUT2D eigenvalue weighted by molar-refractivity contribution is 5.97. The molecule has 0 fully saturated rings. The highest BCUT2D eigenvalue weighted by Crippen LogP contribution is 2.35. The molecule has 0 aliphatic carbocycles. The summed E-state index contributed by atoms with van der Waals surface area (Å²) < 4.78 is 11.5. The van der Waals surface area contributed by atoms with Crippen LogP contribution in [0, 0.1) is 5.92 Å². The summed E-state index contributed by atoms with van der Waals surface area (Å²) in [4.78, 5) is 35.1. The molecule has 7 heteroatoms. The number of esters is 2. The molecule has 1 aliphatic rings. The molecular weight excluding hydrogens is 502 g/mol. The Hall–Kier alpha value is -3.48. The second-order valence-electron chi connectivity index (χ2n) is 10.5. The Kier molecular flexibility index (Phi) is 13.4. The molecule has 0 saturated heterocycles. The Morgan fingerprint density at radius 1 is 0.750 bits per heavy atom. The van der Waals surface area contributed by atoms with Crippen molar-refractivity contribution in [1.82, 2.24) is 15.3 Å². The maximum Gasteiger partial charge on any atom is 0.336 e. The molecule has 216 valence electrons. The SMILES string of the molecule is CCCCCCCCC1C(C(=O)OCCCc2cccnc2)=C(C)NC(C)=C1C(=O)OCCCc1cccnc1. The summed E-state index contributed by atoms with van der Waals surface area (Å²) in [5.41, 5.74) is 4.81. The number of ether oxygens (including phenoxy) is 2. The van der Waals surface area contributed by atoms with E-state index in [1.165, 1.54) is 19.3 Å². The van der Waals surface area contributed by atoms with Gasteiger partial charge >= 0.3 is 11.9 Å². The van der Waals surface area contributed by atoms with Crippen molar-refractivity contribution >= 4 is 11.9 Å². The van der Waals surface area contributed by atoms with Gasteiger partial charge in [-0.25, -0.2) is 9.59 Å². The third-order valence-corrected chi connectivity index (χ3v) is 7.30. The molecule has 0 aromatic carbocycles. The third kappa shape index (κ3) is 9.92. The number of carbonyl (C=O) groups excluding carboxylic acids is 2. The first-order valence-corrected chi connectivity index (χ1v) is 14.8. The van der Waals surface area contributed by atoms with Gasteiger partial charge in [-0.05, 0) is 69.2 Å². The zero-order chi connectivity index (χ0) is 28.6. The van der Waals surface area contributed by atoms with Gasteiger partial charge in [0.15, 0.2) is 0 Å². The highest BCUT2D eigenvalue weighted by atomic mass is 16.5. The molecule has 0 unspecified atom stereocenters. The highest BCUT2D eigenvalue weighted by Gasteiger charge is 2.36. The second kappa shape index (κ2) is 17.3. The van der Waals surface area contributed by atoms with Gasteiger partial charge in [0, 0.05) is 42.1 Å². The zero-order valence-electron chi connectivity index (χ0n) is 24.4. The molecule has 2 aromatic heterocycles. The fraction of sp³-hybridized carbons (Fsp3) is 0.515. The lowest BCUT2D eigenvalue weighted by atomic mass is 9.81. The summed E-state index contributed by atoms with van der Waals surface area (Å²) in [6.45, 7) is 6.61. The molecule has 3 heterocycles. The molecular formula is C33H45N3O4. The lowest BCUT2D eigenvalue weighted by Crippen LogP contribution is -2.34. The molecule has 0 atom stereocenters. The lowest BCUT2D eigenvalue weighted by Gasteiger charge is -2.30. The number of aryl methyl sites for hydroxylation is 2. The van der Waals surface area contributed by atoms with E-state index >= 15 is 0 Å². The Morgan fingerprint density at radius 3 is 1.73 bits per heavy atom. The van der Waals surface area contributed by atoms with Crippen molar-refractivity contribution in [3.8, 4) is 0 Å². The van der Waals surface area contributed by atoms with E-state index in [9.17, 15) is 9.59 Å². The first-order chi connectivity index (χ1) is 19.5. The maximum absolute atomic E-state index is 13.4. The molecule has 0 spiro atoms. The number of hydrogen-bond acceptors (Lipinski definition) is 7. The van der Waals surface area contributed by atoms with Crippen LogP contribution >= 0.6 is 0 Å². The van der Waals surface area contributed by atoms with Crippen molar-refractivity contribution in [2.24, 2.45) is 5.92 Å². The van der Waals surface area contributed by atoms with Crippen LogP contribution in [0.3, 0.4) is 0 Å². The summed E-state index contributed by atoms with van der Waals surface area (Å²) in [5, 5.41) is 3.26. The van der Waals surface area contributed by atoms with Gasteiger partial charge in [0.2, 0.25) is 0 Å². The van der Waals surface area contributed by atoms with Gasteiger partial charge in [0.25, 0.3) is 0 Å². The largest absolute Gasteiger partial charge is 0.462 e. The Balaban J connectivity index is 1.63. The van der Waals surface area contributed by atoms with Gasteiger partial charge in [-0.3, -0.25) is 9.97 Å². The number of pyridine rings is 2. The standard InChI is InChI=1S/C33H45N3O4/c1-4-5-6-7-8-9-18-29-30(32(37)39-21-12-16-27-14-10-19-34-23-27)25(2)36-26(3)31(29)33(38)40-22-13-17-28-15-11-20-35-24-28/h10-11,14-15,19-20,23-24,29,36H,4-9,12-13,16-18,21-22H2,1-3H3. The number of aromatic nitrogens is 2. The van der Waals surface area contributed by atoms with Gasteiger partial charge in [-0.2, -0.15) is 0 Å². The van der Waals surface area contributed by atoms with Gasteiger partial charge in [0.05, 0.1) is 24.4 Å². The predicted molar refractivity (Wildman–Crippen MR) is 157 cm³/mol.